The topological polar surface area (TPSA) is 15.8 Å². The van der Waals surface area contributed by atoms with Gasteiger partial charge in [-0.1, -0.05) is 44.5 Å². The molecule has 1 aromatic heterocycles. The van der Waals surface area contributed by atoms with E-state index in [4.69, 9.17) is 0 Å². The van der Waals surface area contributed by atoms with Crippen LogP contribution in [-0.2, 0) is 12.8 Å². The fourth-order valence-electron chi connectivity index (χ4n) is 3.18. The molecule has 0 aliphatic heterocycles. The summed E-state index contributed by atoms with van der Waals surface area (Å²) in [6.07, 6.45) is 6.63. The van der Waals surface area contributed by atoms with Gasteiger partial charge in [0.15, 0.2) is 0 Å². The molecule has 0 spiro atoms. The van der Waals surface area contributed by atoms with Crippen LogP contribution in [-0.4, -0.2) is 4.98 Å². The number of fused-ring (bicyclic) bond motifs is 1. The number of H-pyrrole nitrogens is 1. The van der Waals surface area contributed by atoms with Crippen molar-refractivity contribution in [2.45, 2.75) is 39.5 Å². The minimum absolute atomic E-state index is 1.08. The highest BCUT2D eigenvalue weighted by molar-refractivity contribution is 5.96. The Hall–Kier alpha value is -1.76. The lowest BCUT2D eigenvalue weighted by atomic mass is 9.98. The normalized spacial score (nSPS) is 14.0. The van der Waals surface area contributed by atoms with E-state index in [0.29, 0.717) is 0 Å². The number of hydrogen-bond donors (Lipinski definition) is 1. The first-order valence-corrected chi connectivity index (χ1v) is 7.32. The lowest BCUT2D eigenvalue weighted by Crippen LogP contribution is -1.92. The van der Waals surface area contributed by atoms with E-state index in [0.717, 1.165) is 12.8 Å². The third-order valence-corrected chi connectivity index (χ3v) is 4.09. The zero-order chi connectivity index (χ0) is 13.2. The maximum Gasteiger partial charge on any atom is 0.0451 e. The van der Waals surface area contributed by atoms with Gasteiger partial charge in [0.05, 0.1) is 0 Å². The van der Waals surface area contributed by atoms with Crippen LogP contribution in [0, 0.1) is 0 Å². The van der Waals surface area contributed by atoms with Crippen LogP contribution in [0.25, 0.3) is 11.1 Å². The van der Waals surface area contributed by atoms with Crippen molar-refractivity contribution in [3.05, 3.63) is 58.9 Å². The van der Waals surface area contributed by atoms with Crippen LogP contribution in [0.2, 0.25) is 0 Å². The van der Waals surface area contributed by atoms with Crippen LogP contribution in [0.15, 0.2) is 36.5 Å². The highest BCUT2D eigenvalue weighted by atomic mass is 14.7. The fraction of sp³-hybridized carbons (Fsp3) is 0.333. The fourth-order valence-corrected chi connectivity index (χ4v) is 3.18. The van der Waals surface area contributed by atoms with Crippen molar-refractivity contribution in [1.29, 1.82) is 0 Å². The van der Waals surface area contributed by atoms with E-state index < -0.39 is 0 Å². The van der Waals surface area contributed by atoms with Gasteiger partial charge in [0.25, 0.3) is 0 Å². The summed E-state index contributed by atoms with van der Waals surface area (Å²) in [5.41, 5.74) is 8.83. The third kappa shape index (κ3) is 2.03. The third-order valence-electron chi connectivity index (χ3n) is 4.09. The average molecular weight is 251 g/mol. The quantitative estimate of drug-likeness (QED) is 0.800. The molecular weight excluding hydrogens is 230 g/mol. The van der Waals surface area contributed by atoms with Gasteiger partial charge in [-0.05, 0) is 46.7 Å². The van der Waals surface area contributed by atoms with E-state index in [1.165, 1.54) is 40.8 Å². The minimum Gasteiger partial charge on any atom is -0.361 e. The summed E-state index contributed by atoms with van der Waals surface area (Å²) in [6.45, 7) is 4.50. The molecule has 0 saturated heterocycles. The monoisotopic (exact) mass is 251 g/mol. The smallest absolute Gasteiger partial charge is 0.0451 e. The Bertz CT molecular complexity index is 616. The van der Waals surface area contributed by atoms with E-state index in [1.54, 1.807) is 5.57 Å². The molecule has 0 fully saturated rings. The second-order valence-electron chi connectivity index (χ2n) is 5.27. The zero-order valence-corrected chi connectivity index (χ0v) is 11.8. The Morgan fingerprint density at radius 2 is 1.95 bits per heavy atom. The Kier molecular flexibility index (Phi) is 3.29. The molecule has 1 heteroatoms. The Balaban J connectivity index is 2.12. The second kappa shape index (κ2) is 5.08. The van der Waals surface area contributed by atoms with Gasteiger partial charge < -0.3 is 4.98 Å². The number of aryl methyl sites for hydroxylation is 1. The van der Waals surface area contributed by atoms with Gasteiger partial charge in [0.1, 0.15) is 0 Å². The predicted octanol–water partition coefficient (Wildman–Crippen LogP) is 4.84. The molecule has 1 aromatic carbocycles. The van der Waals surface area contributed by atoms with Crippen LogP contribution in [0.1, 0.15) is 49.1 Å². The summed E-state index contributed by atoms with van der Waals surface area (Å²) in [5.74, 6) is 0. The van der Waals surface area contributed by atoms with Crippen molar-refractivity contribution >= 4 is 11.1 Å². The van der Waals surface area contributed by atoms with Crippen LogP contribution in [0.3, 0.4) is 0 Å². The highest BCUT2D eigenvalue weighted by Gasteiger charge is 2.23. The highest BCUT2D eigenvalue weighted by Crippen LogP contribution is 2.41. The molecular formula is C18H21N. The number of allylic oxidation sites excluding steroid dienone is 2. The van der Waals surface area contributed by atoms with Crippen molar-refractivity contribution in [1.82, 2.24) is 4.98 Å². The van der Waals surface area contributed by atoms with E-state index in [2.05, 4.69) is 55.4 Å². The van der Waals surface area contributed by atoms with Crippen molar-refractivity contribution in [3.8, 4) is 0 Å². The minimum atomic E-state index is 1.08. The number of hydrogen-bond acceptors (Lipinski definition) is 0. The van der Waals surface area contributed by atoms with Gasteiger partial charge in [-0.15, -0.1) is 0 Å². The zero-order valence-electron chi connectivity index (χ0n) is 11.8. The number of nitrogens with one attached hydrogen (secondary N) is 1. The molecule has 1 nitrogen and oxygen atoms in total. The summed E-state index contributed by atoms with van der Waals surface area (Å²) in [7, 11) is 0. The van der Waals surface area contributed by atoms with Gasteiger partial charge in [-0.3, -0.25) is 0 Å². The van der Waals surface area contributed by atoms with E-state index in [-0.39, 0.29) is 0 Å². The maximum atomic E-state index is 3.46. The Morgan fingerprint density at radius 3 is 2.74 bits per heavy atom. The predicted molar refractivity (Wildman–Crippen MR) is 82.0 cm³/mol. The van der Waals surface area contributed by atoms with E-state index in [1.807, 2.05) is 0 Å². The summed E-state index contributed by atoms with van der Waals surface area (Å²) >= 11 is 0. The first-order chi connectivity index (χ1) is 9.35. The van der Waals surface area contributed by atoms with E-state index >= 15 is 0 Å². The molecule has 2 aromatic rings. The van der Waals surface area contributed by atoms with E-state index in [9.17, 15) is 0 Å². The van der Waals surface area contributed by atoms with Crippen molar-refractivity contribution in [3.63, 3.8) is 0 Å². The second-order valence-corrected chi connectivity index (χ2v) is 5.27. The van der Waals surface area contributed by atoms with Crippen molar-refractivity contribution in [2.75, 3.05) is 0 Å². The number of aromatic amines is 1. The lowest BCUT2D eigenvalue weighted by Gasteiger charge is -2.08. The number of aromatic nitrogens is 1. The molecule has 19 heavy (non-hydrogen) atoms. The molecule has 0 atom stereocenters. The summed E-state index contributed by atoms with van der Waals surface area (Å²) in [6, 6.07) is 11.1. The standard InChI is InChI=1S/C18H21N/c1-3-7-16-15-9-6-5-8-14(15)12-17(16)18-13(4-2)10-11-19-18/h5-6,8-11,19H,3-4,7,12H2,1-2H3. The molecule has 3 rings (SSSR count). The van der Waals surface area contributed by atoms with Crippen molar-refractivity contribution in [2.24, 2.45) is 0 Å². The number of rotatable bonds is 4. The molecule has 0 saturated carbocycles. The number of benzene rings is 1. The largest absolute Gasteiger partial charge is 0.361 e. The first-order valence-electron chi connectivity index (χ1n) is 7.32. The van der Waals surface area contributed by atoms with Crippen LogP contribution >= 0.6 is 0 Å². The SMILES string of the molecule is CCCC1=C(c2[nH]ccc2CC)Cc2ccccc21. The first kappa shape index (κ1) is 12.3. The molecule has 98 valence electrons. The van der Waals surface area contributed by atoms with Gasteiger partial charge in [0, 0.05) is 18.3 Å². The summed E-state index contributed by atoms with van der Waals surface area (Å²) in [4.78, 5) is 3.46. The Labute approximate surface area is 115 Å². The van der Waals surface area contributed by atoms with Crippen LogP contribution in [0.5, 0.6) is 0 Å². The Morgan fingerprint density at radius 1 is 1.11 bits per heavy atom. The summed E-state index contributed by atoms with van der Waals surface area (Å²) in [5, 5.41) is 0. The van der Waals surface area contributed by atoms with Crippen LogP contribution in [0.4, 0.5) is 0 Å². The van der Waals surface area contributed by atoms with Crippen molar-refractivity contribution < 1.29 is 0 Å². The maximum absolute atomic E-state index is 3.46. The molecule has 1 aliphatic rings. The van der Waals surface area contributed by atoms with Gasteiger partial charge in [-0.25, -0.2) is 0 Å². The molecule has 0 amide bonds. The molecule has 1 N–H and O–H groups in total. The van der Waals surface area contributed by atoms with Gasteiger partial charge >= 0.3 is 0 Å². The molecule has 0 radical (unpaired) electrons. The lowest BCUT2D eigenvalue weighted by molar-refractivity contribution is 0.975. The van der Waals surface area contributed by atoms with Crippen LogP contribution < -0.4 is 0 Å². The van der Waals surface area contributed by atoms with Gasteiger partial charge in [0.2, 0.25) is 0 Å². The molecule has 0 bridgehead atoms. The molecule has 0 unspecified atom stereocenters. The summed E-state index contributed by atoms with van der Waals surface area (Å²) < 4.78 is 0. The molecule has 1 heterocycles. The van der Waals surface area contributed by atoms with Gasteiger partial charge in [-0.2, -0.15) is 0 Å². The average Bonchev–Trinajstić information content (AvgIpc) is 3.03. The molecule has 1 aliphatic carbocycles.